The number of rotatable bonds is 4. The van der Waals surface area contributed by atoms with Crippen LogP contribution in [-0.4, -0.2) is 22.2 Å². The van der Waals surface area contributed by atoms with Crippen LogP contribution < -0.4 is 16.6 Å². The maximum absolute atomic E-state index is 13.6. The smallest absolute Gasteiger partial charge is 0.317 e. The van der Waals surface area contributed by atoms with Crippen LogP contribution in [0.3, 0.4) is 0 Å². The Morgan fingerprint density at radius 1 is 0.935 bits per heavy atom. The molecule has 0 atom stereocenters. The molecular weight excluding hydrogens is 430 g/mol. The maximum Gasteiger partial charge on any atom is 0.332 e. The summed E-state index contributed by atoms with van der Waals surface area (Å²) in [6.45, 7) is 2.10. The number of hydrogen-bond acceptors (Lipinski definition) is 4. The van der Waals surface area contributed by atoms with Gasteiger partial charge in [-0.25, -0.2) is 4.79 Å². The largest absolute Gasteiger partial charge is 0.332 e. The van der Waals surface area contributed by atoms with Crippen molar-refractivity contribution in [2.24, 2.45) is 0 Å². The third-order valence-corrected chi connectivity index (χ3v) is 6.93. The quantitative estimate of drug-likeness (QED) is 0.501. The van der Waals surface area contributed by atoms with E-state index in [1.54, 1.807) is 4.57 Å². The molecule has 1 aliphatic rings. The van der Waals surface area contributed by atoms with Gasteiger partial charge < -0.3 is 5.32 Å². The average molecular weight is 454 g/mol. The molecule has 4 aromatic rings. The highest BCUT2D eigenvalue weighted by molar-refractivity contribution is 7.22. The molecule has 2 aromatic carbocycles. The van der Waals surface area contributed by atoms with Gasteiger partial charge in [0.1, 0.15) is 4.70 Å². The molecular formula is C24H24ClN3O2S. The van der Waals surface area contributed by atoms with E-state index in [-0.39, 0.29) is 29.7 Å². The monoisotopic (exact) mass is 453 g/mol. The number of halogens is 1. The summed E-state index contributed by atoms with van der Waals surface area (Å²) in [7, 11) is 0. The molecule has 5 rings (SSSR count). The van der Waals surface area contributed by atoms with Crippen molar-refractivity contribution in [3.8, 4) is 10.4 Å². The number of aromatic nitrogens is 2. The Hall–Kier alpha value is -2.67. The Bertz CT molecular complexity index is 1290. The first-order chi connectivity index (χ1) is 14.7. The van der Waals surface area contributed by atoms with E-state index in [0.717, 1.165) is 47.5 Å². The van der Waals surface area contributed by atoms with Crippen LogP contribution in [0.2, 0.25) is 0 Å². The van der Waals surface area contributed by atoms with E-state index in [4.69, 9.17) is 0 Å². The van der Waals surface area contributed by atoms with Crippen molar-refractivity contribution in [3.05, 3.63) is 93.1 Å². The summed E-state index contributed by atoms with van der Waals surface area (Å²) in [5.41, 5.74) is 2.47. The second-order valence-electron chi connectivity index (χ2n) is 7.70. The van der Waals surface area contributed by atoms with Gasteiger partial charge in [-0.2, -0.15) is 0 Å². The standard InChI is InChI=1S/C24H23N3O2S.ClH/c28-23-22-20(15-21(30-22)18-9-5-2-6-10-18)26(16-17-7-3-1-4-8-17)24(29)27(23)19-11-13-25-14-12-19;/h1-10,15,19,25H,11-14,16H2;1H. The average Bonchev–Trinajstić information content (AvgIpc) is 3.25. The van der Waals surface area contributed by atoms with Crippen molar-refractivity contribution in [1.29, 1.82) is 0 Å². The number of benzene rings is 2. The molecule has 1 N–H and O–H groups in total. The van der Waals surface area contributed by atoms with Gasteiger partial charge in [0.25, 0.3) is 5.56 Å². The first kappa shape index (κ1) is 21.6. The number of nitrogens with one attached hydrogen (secondary N) is 1. The maximum atomic E-state index is 13.6. The zero-order chi connectivity index (χ0) is 20.5. The van der Waals surface area contributed by atoms with Crippen molar-refractivity contribution in [2.45, 2.75) is 25.4 Å². The summed E-state index contributed by atoms with van der Waals surface area (Å²) < 4.78 is 3.94. The summed E-state index contributed by atoms with van der Waals surface area (Å²) >= 11 is 1.48. The van der Waals surface area contributed by atoms with Crippen LogP contribution >= 0.6 is 23.7 Å². The summed E-state index contributed by atoms with van der Waals surface area (Å²) in [5.74, 6) is 0. The van der Waals surface area contributed by atoms with Crippen molar-refractivity contribution >= 4 is 34.0 Å². The molecule has 2 aromatic heterocycles. The van der Waals surface area contributed by atoms with E-state index in [1.807, 2.05) is 66.7 Å². The third-order valence-electron chi connectivity index (χ3n) is 5.77. The van der Waals surface area contributed by atoms with E-state index < -0.39 is 0 Å². The molecule has 1 fully saturated rings. The van der Waals surface area contributed by atoms with Crippen LogP contribution in [-0.2, 0) is 6.54 Å². The first-order valence-corrected chi connectivity index (χ1v) is 11.1. The predicted octanol–water partition coefficient (Wildman–Crippen LogP) is 4.29. The fourth-order valence-electron chi connectivity index (χ4n) is 4.21. The molecule has 0 bridgehead atoms. The van der Waals surface area contributed by atoms with Crippen LogP contribution in [0.25, 0.3) is 20.7 Å². The van der Waals surface area contributed by atoms with Crippen molar-refractivity contribution in [2.75, 3.05) is 13.1 Å². The molecule has 0 unspecified atom stereocenters. The highest BCUT2D eigenvalue weighted by atomic mass is 35.5. The summed E-state index contributed by atoms with van der Waals surface area (Å²) in [6, 6.07) is 21.9. The summed E-state index contributed by atoms with van der Waals surface area (Å²) in [6.07, 6.45) is 1.59. The minimum Gasteiger partial charge on any atom is -0.317 e. The molecule has 1 aliphatic heterocycles. The minimum absolute atomic E-state index is 0. The molecule has 160 valence electrons. The molecule has 0 spiro atoms. The van der Waals surface area contributed by atoms with Gasteiger partial charge in [-0.15, -0.1) is 23.7 Å². The number of fused-ring (bicyclic) bond motifs is 1. The van der Waals surface area contributed by atoms with Crippen molar-refractivity contribution in [3.63, 3.8) is 0 Å². The third kappa shape index (κ3) is 4.11. The second-order valence-corrected chi connectivity index (χ2v) is 8.75. The van der Waals surface area contributed by atoms with Crippen molar-refractivity contribution < 1.29 is 0 Å². The lowest BCUT2D eigenvalue weighted by molar-refractivity contribution is 0.346. The Kier molecular flexibility index (Phi) is 6.41. The molecule has 7 heteroatoms. The molecule has 0 saturated carbocycles. The fourth-order valence-corrected chi connectivity index (χ4v) is 5.32. The molecule has 0 amide bonds. The van der Waals surface area contributed by atoms with Crippen LogP contribution in [0.1, 0.15) is 24.4 Å². The Labute approximate surface area is 190 Å². The first-order valence-electron chi connectivity index (χ1n) is 10.3. The molecule has 3 heterocycles. The van der Waals surface area contributed by atoms with Crippen LogP contribution in [0.4, 0.5) is 0 Å². The second kappa shape index (κ2) is 9.22. The predicted molar refractivity (Wildman–Crippen MR) is 130 cm³/mol. The van der Waals surface area contributed by atoms with E-state index >= 15 is 0 Å². The van der Waals surface area contributed by atoms with Crippen LogP contribution in [0, 0.1) is 0 Å². The lowest BCUT2D eigenvalue weighted by Gasteiger charge is -2.25. The van der Waals surface area contributed by atoms with Gasteiger partial charge in [0.15, 0.2) is 0 Å². The lowest BCUT2D eigenvalue weighted by Crippen LogP contribution is -2.45. The lowest BCUT2D eigenvalue weighted by atomic mass is 10.1. The number of nitrogens with zero attached hydrogens (tertiary/aromatic N) is 2. The minimum atomic E-state index is -0.208. The Morgan fingerprint density at radius 2 is 1.58 bits per heavy atom. The van der Waals surface area contributed by atoms with Crippen molar-refractivity contribution in [1.82, 2.24) is 14.5 Å². The van der Waals surface area contributed by atoms with E-state index in [9.17, 15) is 9.59 Å². The normalized spacial score (nSPS) is 14.5. The molecule has 1 saturated heterocycles. The van der Waals surface area contributed by atoms with E-state index in [1.165, 1.54) is 15.9 Å². The SMILES string of the molecule is Cl.O=c1c2sc(-c3ccccc3)cc2n(Cc2ccccc2)c(=O)n1C1CCNCC1. The van der Waals surface area contributed by atoms with Crippen LogP contribution in [0.5, 0.6) is 0 Å². The Balaban J connectivity index is 0.00000231. The molecule has 0 aliphatic carbocycles. The fraction of sp³-hybridized carbons (Fsp3) is 0.250. The van der Waals surface area contributed by atoms with Gasteiger partial charge in [-0.05, 0) is 43.1 Å². The van der Waals surface area contributed by atoms with Gasteiger partial charge in [0.2, 0.25) is 0 Å². The molecule has 5 nitrogen and oxygen atoms in total. The highest BCUT2D eigenvalue weighted by Gasteiger charge is 2.23. The summed E-state index contributed by atoms with van der Waals surface area (Å²) in [4.78, 5) is 28.0. The zero-order valence-corrected chi connectivity index (χ0v) is 18.6. The Morgan fingerprint density at radius 3 is 2.26 bits per heavy atom. The topological polar surface area (TPSA) is 56.0 Å². The molecule has 31 heavy (non-hydrogen) atoms. The van der Waals surface area contributed by atoms with E-state index in [0.29, 0.717) is 11.2 Å². The van der Waals surface area contributed by atoms with Gasteiger partial charge in [0.05, 0.1) is 12.1 Å². The van der Waals surface area contributed by atoms with Gasteiger partial charge in [0, 0.05) is 10.9 Å². The number of piperidine rings is 1. The van der Waals surface area contributed by atoms with Gasteiger partial charge in [-0.3, -0.25) is 13.9 Å². The number of thiophene rings is 1. The van der Waals surface area contributed by atoms with Gasteiger partial charge in [-0.1, -0.05) is 60.7 Å². The van der Waals surface area contributed by atoms with Crippen LogP contribution in [0.15, 0.2) is 76.3 Å². The zero-order valence-electron chi connectivity index (χ0n) is 17.0. The molecule has 0 radical (unpaired) electrons. The number of hydrogen-bond donors (Lipinski definition) is 1. The van der Waals surface area contributed by atoms with Gasteiger partial charge >= 0.3 is 5.69 Å². The summed E-state index contributed by atoms with van der Waals surface area (Å²) in [5, 5.41) is 3.32. The highest BCUT2D eigenvalue weighted by Crippen LogP contribution is 2.32. The van der Waals surface area contributed by atoms with E-state index in [2.05, 4.69) is 5.32 Å².